The van der Waals surface area contributed by atoms with E-state index < -0.39 is 0 Å². The zero-order chi connectivity index (χ0) is 22.3. The van der Waals surface area contributed by atoms with Gasteiger partial charge in [-0.05, 0) is 47.6 Å². The summed E-state index contributed by atoms with van der Waals surface area (Å²) >= 11 is 0. The van der Waals surface area contributed by atoms with Gasteiger partial charge in [0.25, 0.3) is 0 Å². The molecule has 1 aromatic heterocycles. The predicted molar refractivity (Wildman–Crippen MR) is 130 cm³/mol. The Balaban J connectivity index is 1.72. The van der Waals surface area contributed by atoms with Crippen molar-refractivity contribution in [1.29, 1.82) is 0 Å². The van der Waals surface area contributed by atoms with E-state index in [0.29, 0.717) is 0 Å². The van der Waals surface area contributed by atoms with E-state index in [2.05, 4.69) is 104 Å². The molecule has 0 aliphatic heterocycles. The molecular formula is C28H38N2O. The highest BCUT2D eigenvalue weighted by Crippen LogP contribution is 2.23. The summed E-state index contributed by atoms with van der Waals surface area (Å²) < 4.78 is 7.69. The van der Waals surface area contributed by atoms with Crippen LogP contribution >= 0.6 is 0 Å². The monoisotopic (exact) mass is 418 g/mol. The maximum Gasteiger partial charge on any atom is 0.0474 e. The van der Waals surface area contributed by atoms with Crippen molar-refractivity contribution in [1.82, 2.24) is 9.47 Å². The molecule has 0 aliphatic carbocycles. The van der Waals surface area contributed by atoms with Crippen LogP contribution in [0.4, 0.5) is 0 Å². The predicted octanol–water partition coefficient (Wildman–Crippen LogP) is 6.18. The third-order valence-corrected chi connectivity index (χ3v) is 5.79. The average molecular weight is 419 g/mol. The van der Waals surface area contributed by atoms with Crippen LogP contribution in [-0.2, 0) is 29.8 Å². The van der Waals surface area contributed by atoms with Gasteiger partial charge >= 0.3 is 0 Å². The molecular weight excluding hydrogens is 380 g/mol. The molecule has 166 valence electrons. The quantitative estimate of drug-likeness (QED) is 0.366. The van der Waals surface area contributed by atoms with Crippen LogP contribution in [0.3, 0.4) is 0 Å². The number of hydrogen-bond acceptors (Lipinski definition) is 2. The molecule has 0 aliphatic rings. The number of methoxy groups -OCH3 is 1. The first kappa shape index (κ1) is 23.3. The van der Waals surface area contributed by atoms with Crippen molar-refractivity contribution in [3.8, 4) is 0 Å². The smallest absolute Gasteiger partial charge is 0.0474 e. The van der Waals surface area contributed by atoms with Crippen molar-refractivity contribution in [2.24, 2.45) is 0 Å². The molecule has 0 radical (unpaired) electrons. The lowest BCUT2D eigenvalue weighted by Crippen LogP contribution is -2.26. The lowest BCUT2D eigenvalue weighted by molar-refractivity contribution is 0.165. The number of nitrogens with zero attached hydrogens (tertiary/aromatic N) is 2. The Morgan fingerprint density at radius 3 is 2.35 bits per heavy atom. The van der Waals surface area contributed by atoms with Crippen LogP contribution in [0.5, 0.6) is 0 Å². The van der Waals surface area contributed by atoms with E-state index in [1.54, 1.807) is 7.11 Å². The van der Waals surface area contributed by atoms with Crippen molar-refractivity contribution < 1.29 is 4.74 Å². The SMILES string of the molecule is COCCCN(Cc1ccc(C(C)(C)C)cc1)Cc1cccn1Cc1cccc(C)c1. The molecule has 0 N–H and O–H groups in total. The maximum atomic E-state index is 5.31. The topological polar surface area (TPSA) is 17.4 Å². The Morgan fingerprint density at radius 2 is 1.68 bits per heavy atom. The molecule has 3 heteroatoms. The molecule has 0 fully saturated rings. The summed E-state index contributed by atoms with van der Waals surface area (Å²) in [5.74, 6) is 0. The Labute approximate surface area is 188 Å². The van der Waals surface area contributed by atoms with Gasteiger partial charge in [-0.25, -0.2) is 0 Å². The van der Waals surface area contributed by atoms with Crippen LogP contribution in [0.25, 0.3) is 0 Å². The first-order valence-electron chi connectivity index (χ1n) is 11.4. The summed E-state index contributed by atoms with van der Waals surface area (Å²) in [5, 5.41) is 0. The fraction of sp³-hybridized carbons (Fsp3) is 0.429. The van der Waals surface area contributed by atoms with Gasteiger partial charge < -0.3 is 9.30 Å². The van der Waals surface area contributed by atoms with Gasteiger partial charge in [-0.3, -0.25) is 4.90 Å². The first-order chi connectivity index (χ1) is 14.8. The molecule has 0 saturated carbocycles. The molecule has 3 nitrogen and oxygen atoms in total. The van der Waals surface area contributed by atoms with Gasteiger partial charge in [0.2, 0.25) is 0 Å². The highest BCUT2D eigenvalue weighted by Gasteiger charge is 2.14. The summed E-state index contributed by atoms with van der Waals surface area (Å²) in [6.07, 6.45) is 3.23. The fourth-order valence-corrected chi connectivity index (χ4v) is 4.00. The maximum absolute atomic E-state index is 5.31. The molecule has 0 bridgehead atoms. The highest BCUT2D eigenvalue weighted by molar-refractivity contribution is 5.28. The zero-order valence-electron chi connectivity index (χ0n) is 19.9. The van der Waals surface area contributed by atoms with Crippen LogP contribution in [0.2, 0.25) is 0 Å². The third-order valence-electron chi connectivity index (χ3n) is 5.79. The first-order valence-corrected chi connectivity index (χ1v) is 11.4. The number of aromatic nitrogens is 1. The van der Waals surface area contributed by atoms with Gasteiger partial charge in [-0.15, -0.1) is 0 Å². The van der Waals surface area contributed by atoms with E-state index in [1.807, 2.05) is 0 Å². The average Bonchev–Trinajstić information content (AvgIpc) is 3.14. The van der Waals surface area contributed by atoms with Gasteiger partial charge in [-0.2, -0.15) is 0 Å². The minimum atomic E-state index is 0.188. The molecule has 2 aromatic carbocycles. The zero-order valence-corrected chi connectivity index (χ0v) is 19.9. The minimum Gasteiger partial charge on any atom is -0.385 e. The minimum absolute atomic E-state index is 0.188. The van der Waals surface area contributed by atoms with E-state index >= 15 is 0 Å². The molecule has 1 heterocycles. The van der Waals surface area contributed by atoms with Gasteiger partial charge in [-0.1, -0.05) is 74.9 Å². The van der Waals surface area contributed by atoms with Crippen molar-refractivity contribution in [2.75, 3.05) is 20.3 Å². The van der Waals surface area contributed by atoms with Crippen LogP contribution < -0.4 is 0 Å². The second-order valence-electron chi connectivity index (χ2n) is 9.62. The standard InChI is InChI=1S/C28H38N2O/c1-23-9-6-10-25(19-23)21-30-17-7-11-27(30)22-29(16-8-18-31-5)20-24-12-14-26(15-13-24)28(2,3)4/h6-7,9-15,17,19H,8,16,18,20-22H2,1-5H3. The van der Waals surface area contributed by atoms with Crippen molar-refractivity contribution in [3.05, 3.63) is 94.8 Å². The second-order valence-corrected chi connectivity index (χ2v) is 9.62. The van der Waals surface area contributed by atoms with Crippen LogP contribution in [0.15, 0.2) is 66.9 Å². The van der Waals surface area contributed by atoms with E-state index in [1.165, 1.54) is 27.9 Å². The van der Waals surface area contributed by atoms with E-state index in [9.17, 15) is 0 Å². The Bertz CT molecular complexity index is 934. The number of hydrogen-bond donors (Lipinski definition) is 0. The molecule has 0 spiro atoms. The summed E-state index contributed by atoms with van der Waals surface area (Å²) in [4.78, 5) is 2.53. The van der Waals surface area contributed by atoms with Crippen LogP contribution in [-0.4, -0.2) is 29.7 Å². The normalized spacial score (nSPS) is 11.9. The number of aryl methyl sites for hydroxylation is 1. The fourth-order valence-electron chi connectivity index (χ4n) is 4.00. The molecule has 3 rings (SSSR count). The summed E-state index contributed by atoms with van der Waals surface area (Å²) in [7, 11) is 1.78. The second kappa shape index (κ2) is 10.8. The van der Waals surface area contributed by atoms with Crippen LogP contribution in [0.1, 0.15) is 55.1 Å². The van der Waals surface area contributed by atoms with Gasteiger partial charge in [0, 0.05) is 51.8 Å². The van der Waals surface area contributed by atoms with Gasteiger partial charge in [0.05, 0.1) is 0 Å². The molecule has 3 aromatic rings. The largest absolute Gasteiger partial charge is 0.385 e. The summed E-state index contributed by atoms with van der Waals surface area (Å²) in [5.41, 5.74) is 6.95. The Hall–Kier alpha value is -2.36. The third kappa shape index (κ3) is 7.09. The van der Waals surface area contributed by atoms with Crippen LogP contribution in [0, 0.1) is 6.92 Å². The molecule has 0 amide bonds. The molecule has 0 unspecified atom stereocenters. The lowest BCUT2D eigenvalue weighted by atomic mass is 9.87. The summed E-state index contributed by atoms with van der Waals surface area (Å²) in [6, 6.07) is 22.3. The van der Waals surface area contributed by atoms with Gasteiger partial charge in [0.15, 0.2) is 0 Å². The Kier molecular flexibility index (Phi) is 8.11. The van der Waals surface area contributed by atoms with E-state index in [0.717, 1.165) is 39.2 Å². The number of rotatable bonds is 10. The van der Waals surface area contributed by atoms with Crippen molar-refractivity contribution in [2.45, 2.75) is 59.2 Å². The number of ether oxygens (including phenoxy) is 1. The molecule has 31 heavy (non-hydrogen) atoms. The Morgan fingerprint density at radius 1 is 0.903 bits per heavy atom. The number of benzene rings is 2. The summed E-state index contributed by atoms with van der Waals surface area (Å²) in [6.45, 7) is 13.6. The highest BCUT2D eigenvalue weighted by atomic mass is 16.5. The van der Waals surface area contributed by atoms with E-state index in [-0.39, 0.29) is 5.41 Å². The molecule has 0 atom stereocenters. The molecule has 0 saturated heterocycles. The lowest BCUT2D eigenvalue weighted by Gasteiger charge is -2.24. The van der Waals surface area contributed by atoms with Crippen molar-refractivity contribution in [3.63, 3.8) is 0 Å². The van der Waals surface area contributed by atoms with Gasteiger partial charge in [0.1, 0.15) is 0 Å². The van der Waals surface area contributed by atoms with E-state index in [4.69, 9.17) is 4.74 Å². The van der Waals surface area contributed by atoms with Crippen molar-refractivity contribution >= 4 is 0 Å².